The fourth-order valence-electron chi connectivity index (χ4n) is 2.50. The third-order valence-electron chi connectivity index (χ3n) is 3.93. The van der Waals surface area contributed by atoms with Gasteiger partial charge in [-0.1, -0.05) is 6.07 Å². The SMILES string of the molecule is COc1ccc(C)cc1NC(=O)c1cncc(C(=O)NCCCN(C)C)c1. The van der Waals surface area contributed by atoms with Gasteiger partial charge in [-0.3, -0.25) is 14.6 Å². The number of benzene rings is 1. The number of hydrogen-bond donors (Lipinski definition) is 2. The van der Waals surface area contributed by atoms with Crippen LogP contribution in [0.1, 0.15) is 32.7 Å². The van der Waals surface area contributed by atoms with Crippen LogP contribution in [0, 0.1) is 6.92 Å². The summed E-state index contributed by atoms with van der Waals surface area (Å²) < 4.78 is 5.27. The second kappa shape index (κ2) is 9.68. The van der Waals surface area contributed by atoms with E-state index in [9.17, 15) is 9.59 Å². The van der Waals surface area contributed by atoms with E-state index in [2.05, 4.69) is 20.5 Å². The number of ether oxygens (including phenoxy) is 1. The predicted molar refractivity (Wildman–Crippen MR) is 105 cm³/mol. The molecule has 144 valence electrons. The van der Waals surface area contributed by atoms with Gasteiger partial charge in [0.1, 0.15) is 5.75 Å². The van der Waals surface area contributed by atoms with Crippen molar-refractivity contribution in [1.29, 1.82) is 0 Å². The summed E-state index contributed by atoms with van der Waals surface area (Å²) in [5.41, 5.74) is 2.22. The molecule has 1 aromatic carbocycles. The van der Waals surface area contributed by atoms with Gasteiger partial charge in [0.15, 0.2) is 0 Å². The average Bonchev–Trinajstić information content (AvgIpc) is 2.65. The monoisotopic (exact) mass is 370 g/mol. The smallest absolute Gasteiger partial charge is 0.257 e. The maximum absolute atomic E-state index is 12.6. The fraction of sp³-hybridized carbons (Fsp3) is 0.350. The normalized spacial score (nSPS) is 10.6. The molecule has 7 nitrogen and oxygen atoms in total. The molecule has 27 heavy (non-hydrogen) atoms. The molecule has 0 saturated heterocycles. The maximum Gasteiger partial charge on any atom is 0.257 e. The quantitative estimate of drug-likeness (QED) is 0.697. The van der Waals surface area contributed by atoms with Gasteiger partial charge in [-0.2, -0.15) is 0 Å². The molecule has 0 bridgehead atoms. The lowest BCUT2D eigenvalue weighted by Gasteiger charge is -2.12. The molecule has 0 aliphatic carbocycles. The van der Waals surface area contributed by atoms with Crippen LogP contribution in [0.5, 0.6) is 5.75 Å². The third kappa shape index (κ3) is 6.07. The Morgan fingerprint density at radius 3 is 2.48 bits per heavy atom. The lowest BCUT2D eigenvalue weighted by atomic mass is 10.1. The Morgan fingerprint density at radius 1 is 1.11 bits per heavy atom. The largest absolute Gasteiger partial charge is 0.495 e. The molecule has 0 aliphatic heterocycles. The molecule has 0 spiro atoms. The van der Waals surface area contributed by atoms with Crippen molar-refractivity contribution in [1.82, 2.24) is 15.2 Å². The van der Waals surface area contributed by atoms with E-state index in [0.717, 1.165) is 18.5 Å². The molecular formula is C20H26N4O3. The number of aryl methyl sites for hydroxylation is 1. The second-order valence-corrected chi connectivity index (χ2v) is 6.53. The number of methoxy groups -OCH3 is 1. The van der Waals surface area contributed by atoms with E-state index in [1.807, 2.05) is 33.2 Å². The molecule has 7 heteroatoms. The van der Waals surface area contributed by atoms with Gasteiger partial charge < -0.3 is 20.3 Å². The Bertz CT molecular complexity index is 806. The molecule has 2 aromatic rings. The highest BCUT2D eigenvalue weighted by atomic mass is 16.5. The summed E-state index contributed by atoms with van der Waals surface area (Å²) in [6.07, 6.45) is 3.73. The standard InChI is InChI=1S/C20H26N4O3/c1-14-6-7-18(27-4)17(10-14)23-20(26)16-11-15(12-21-13-16)19(25)22-8-5-9-24(2)3/h6-7,10-13H,5,8-9H2,1-4H3,(H,22,25)(H,23,26). The molecule has 0 aliphatic rings. The van der Waals surface area contributed by atoms with Gasteiger partial charge in [0.05, 0.1) is 23.9 Å². The molecule has 0 unspecified atom stereocenters. The van der Waals surface area contributed by atoms with E-state index in [1.54, 1.807) is 13.2 Å². The van der Waals surface area contributed by atoms with Crippen LogP contribution in [-0.4, -0.2) is 56.0 Å². The fourth-order valence-corrected chi connectivity index (χ4v) is 2.50. The summed E-state index contributed by atoms with van der Waals surface area (Å²) in [4.78, 5) is 30.9. The highest BCUT2D eigenvalue weighted by molar-refractivity contribution is 6.06. The Labute approximate surface area is 159 Å². The minimum Gasteiger partial charge on any atom is -0.495 e. The molecule has 0 radical (unpaired) electrons. The van der Waals surface area contributed by atoms with Crippen molar-refractivity contribution in [3.63, 3.8) is 0 Å². The summed E-state index contributed by atoms with van der Waals surface area (Å²) in [7, 11) is 5.51. The van der Waals surface area contributed by atoms with Gasteiger partial charge in [-0.05, 0) is 57.7 Å². The van der Waals surface area contributed by atoms with Crippen molar-refractivity contribution in [2.45, 2.75) is 13.3 Å². The van der Waals surface area contributed by atoms with Crippen LogP contribution in [0.15, 0.2) is 36.7 Å². The first-order valence-corrected chi connectivity index (χ1v) is 8.74. The van der Waals surface area contributed by atoms with Crippen LogP contribution in [-0.2, 0) is 0 Å². The number of carbonyl (C=O) groups is 2. The summed E-state index contributed by atoms with van der Waals surface area (Å²) in [5.74, 6) is -0.0330. The van der Waals surface area contributed by atoms with Crippen LogP contribution in [0.25, 0.3) is 0 Å². The topological polar surface area (TPSA) is 83.6 Å². The molecule has 0 atom stereocenters. The van der Waals surface area contributed by atoms with Gasteiger partial charge in [0.2, 0.25) is 0 Å². The first kappa shape index (κ1) is 20.4. The number of nitrogens with one attached hydrogen (secondary N) is 2. The number of hydrogen-bond acceptors (Lipinski definition) is 5. The Balaban J connectivity index is 2.05. The number of aromatic nitrogens is 1. The Hall–Kier alpha value is -2.93. The van der Waals surface area contributed by atoms with E-state index < -0.39 is 0 Å². The predicted octanol–water partition coefficient (Wildman–Crippen LogP) is 2.33. The van der Waals surface area contributed by atoms with Gasteiger partial charge in [0, 0.05) is 18.9 Å². The highest BCUT2D eigenvalue weighted by Gasteiger charge is 2.13. The molecule has 2 amide bonds. The first-order valence-electron chi connectivity index (χ1n) is 8.74. The summed E-state index contributed by atoms with van der Waals surface area (Å²) >= 11 is 0. The molecular weight excluding hydrogens is 344 g/mol. The molecule has 1 heterocycles. The van der Waals surface area contributed by atoms with Crippen LogP contribution in [0.4, 0.5) is 5.69 Å². The van der Waals surface area contributed by atoms with E-state index >= 15 is 0 Å². The van der Waals surface area contributed by atoms with Gasteiger partial charge >= 0.3 is 0 Å². The van der Waals surface area contributed by atoms with Crippen molar-refractivity contribution in [2.24, 2.45) is 0 Å². The number of carbonyl (C=O) groups excluding carboxylic acids is 2. The lowest BCUT2D eigenvalue weighted by molar-refractivity contribution is 0.0952. The lowest BCUT2D eigenvalue weighted by Crippen LogP contribution is -2.27. The molecule has 2 rings (SSSR count). The van der Waals surface area contributed by atoms with Gasteiger partial charge in [-0.25, -0.2) is 0 Å². The number of amides is 2. The number of nitrogens with zero attached hydrogens (tertiary/aromatic N) is 2. The average molecular weight is 370 g/mol. The zero-order valence-electron chi connectivity index (χ0n) is 16.2. The minimum atomic E-state index is -0.353. The van der Waals surface area contributed by atoms with E-state index in [-0.39, 0.29) is 11.8 Å². The molecule has 0 saturated carbocycles. The van der Waals surface area contributed by atoms with Crippen LogP contribution in [0.2, 0.25) is 0 Å². The maximum atomic E-state index is 12.6. The van der Waals surface area contributed by atoms with Crippen molar-refractivity contribution in [3.8, 4) is 5.75 Å². The molecule has 0 fully saturated rings. The van der Waals surface area contributed by atoms with Crippen molar-refractivity contribution >= 4 is 17.5 Å². The third-order valence-corrected chi connectivity index (χ3v) is 3.93. The first-order chi connectivity index (χ1) is 12.9. The summed E-state index contributed by atoms with van der Waals surface area (Å²) in [5, 5.41) is 5.65. The van der Waals surface area contributed by atoms with Crippen LogP contribution < -0.4 is 15.4 Å². The Kier molecular flexibility index (Phi) is 7.31. The number of anilines is 1. The molecule has 2 N–H and O–H groups in total. The minimum absolute atomic E-state index is 0.246. The van der Waals surface area contributed by atoms with Gasteiger partial charge in [-0.15, -0.1) is 0 Å². The van der Waals surface area contributed by atoms with E-state index in [0.29, 0.717) is 29.1 Å². The van der Waals surface area contributed by atoms with Crippen LogP contribution >= 0.6 is 0 Å². The van der Waals surface area contributed by atoms with Crippen molar-refractivity contribution in [3.05, 3.63) is 53.3 Å². The van der Waals surface area contributed by atoms with E-state index in [4.69, 9.17) is 4.74 Å². The zero-order chi connectivity index (χ0) is 19.8. The van der Waals surface area contributed by atoms with Crippen molar-refractivity contribution in [2.75, 3.05) is 39.6 Å². The van der Waals surface area contributed by atoms with Crippen LogP contribution in [0.3, 0.4) is 0 Å². The van der Waals surface area contributed by atoms with Crippen molar-refractivity contribution < 1.29 is 14.3 Å². The zero-order valence-corrected chi connectivity index (χ0v) is 16.2. The summed E-state index contributed by atoms with van der Waals surface area (Å²) in [6, 6.07) is 7.05. The van der Waals surface area contributed by atoms with Gasteiger partial charge in [0.25, 0.3) is 11.8 Å². The second-order valence-electron chi connectivity index (χ2n) is 6.53. The van der Waals surface area contributed by atoms with E-state index in [1.165, 1.54) is 18.5 Å². The highest BCUT2D eigenvalue weighted by Crippen LogP contribution is 2.25. The number of rotatable bonds is 8. The summed E-state index contributed by atoms with van der Waals surface area (Å²) in [6.45, 7) is 3.38. The Morgan fingerprint density at radius 2 is 1.81 bits per heavy atom. The molecule has 1 aromatic heterocycles. The number of pyridine rings is 1.